The number of rotatable bonds is 9. The molecule has 2 aromatic carbocycles. The van der Waals surface area contributed by atoms with Gasteiger partial charge in [-0.15, -0.1) is 0 Å². The van der Waals surface area contributed by atoms with Crippen LogP contribution in [0.5, 0.6) is 5.75 Å². The highest BCUT2D eigenvalue weighted by Crippen LogP contribution is 2.34. The Hall–Kier alpha value is -4.35. The maximum absolute atomic E-state index is 13.4. The number of oxime groups is 1. The van der Waals surface area contributed by atoms with Crippen molar-refractivity contribution in [2.75, 3.05) is 5.75 Å². The fraction of sp³-hybridized carbons (Fsp3) is 0.214. The summed E-state index contributed by atoms with van der Waals surface area (Å²) in [6.07, 6.45) is 2.82. The van der Waals surface area contributed by atoms with Crippen LogP contribution in [0.1, 0.15) is 29.7 Å². The van der Waals surface area contributed by atoms with Crippen molar-refractivity contribution in [2.24, 2.45) is 5.16 Å². The van der Waals surface area contributed by atoms with Crippen LogP contribution in [-0.2, 0) is 26.1 Å². The van der Waals surface area contributed by atoms with E-state index in [9.17, 15) is 13.2 Å². The molecular weight excluding hydrogens is 520 g/mol. The van der Waals surface area contributed by atoms with Gasteiger partial charge in [-0.05, 0) is 55.5 Å². The van der Waals surface area contributed by atoms with Gasteiger partial charge in [-0.1, -0.05) is 23.4 Å². The molecule has 2 N–H and O–H groups in total. The van der Waals surface area contributed by atoms with Crippen LogP contribution < -0.4 is 10.2 Å². The minimum absolute atomic E-state index is 0.0438. The molecule has 1 unspecified atom stereocenters. The first kappa shape index (κ1) is 26.3. The largest absolute Gasteiger partial charge is 0.489 e. The van der Waals surface area contributed by atoms with Gasteiger partial charge in [0.15, 0.2) is 15.4 Å². The molecule has 3 heterocycles. The van der Waals surface area contributed by atoms with E-state index in [2.05, 4.69) is 15.1 Å². The van der Waals surface area contributed by atoms with Crippen molar-refractivity contribution in [1.82, 2.24) is 15.4 Å². The molecule has 200 valence electrons. The molecule has 0 saturated carbocycles. The smallest absolute Gasteiger partial charge is 0.247 e. The SMILES string of the molecule is Cc1cc(COc2ccc(S(=O)(=O)CC3(CC(=O)NO)CC(c4cccnc4)=NO3)cc2)c2ccccc2n1. The molecule has 10 nitrogen and oxygen atoms in total. The minimum atomic E-state index is -3.92. The summed E-state index contributed by atoms with van der Waals surface area (Å²) < 4.78 is 32.7. The lowest BCUT2D eigenvalue weighted by atomic mass is 9.93. The number of hydrogen-bond donors (Lipinski definition) is 2. The molecule has 1 atom stereocenters. The lowest BCUT2D eigenvalue weighted by molar-refractivity contribution is -0.135. The molecule has 0 bridgehead atoms. The third kappa shape index (κ3) is 5.89. The van der Waals surface area contributed by atoms with Crippen molar-refractivity contribution < 1.29 is 28.0 Å². The molecule has 39 heavy (non-hydrogen) atoms. The third-order valence-electron chi connectivity index (χ3n) is 6.40. The topological polar surface area (TPSA) is 140 Å². The summed E-state index contributed by atoms with van der Waals surface area (Å²) in [6.45, 7) is 2.21. The monoisotopic (exact) mass is 546 g/mol. The van der Waals surface area contributed by atoms with Gasteiger partial charge in [-0.25, -0.2) is 13.9 Å². The molecule has 11 heteroatoms. The first-order valence-electron chi connectivity index (χ1n) is 12.2. The Morgan fingerprint density at radius 1 is 1.13 bits per heavy atom. The number of aromatic nitrogens is 2. The Morgan fingerprint density at radius 3 is 2.67 bits per heavy atom. The second-order valence-corrected chi connectivity index (χ2v) is 11.4. The lowest BCUT2D eigenvalue weighted by Gasteiger charge is -2.25. The predicted octanol–water partition coefficient (Wildman–Crippen LogP) is 3.75. The number of nitrogens with zero attached hydrogens (tertiary/aromatic N) is 3. The van der Waals surface area contributed by atoms with Crippen LogP contribution in [0.2, 0.25) is 0 Å². The average molecular weight is 547 g/mol. The van der Waals surface area contributed by atoms with Crippen LogP contribution in [0.4, 0.5) is 0 Å². The van der Waals surface area contributed by atoms with Gasteiger partial charge in [0.1, 0.15) is 12.4 Å². The Balaban J connectivity index is 1.31. The number of aryl methyl sites for hydroxylation is 1. The van der Waals surface area contributed by atoms with Crippen molar-refractivity contribution in [3.8, 4) is 5.75 Å². The molecule has 0 radical (unpaired) electrons. The molecule has 4 aromatic rings. The van der Waals surface area contributed by atoms with E-state index >= 15 is 0 Å². The van der Waals surface area contributed by atoms with E-state index in [-0.39, 0.29) is 17.9 Å². The number of carbonyl (C=O) groups excluding carboxylic acids is 1. The number of hydroxylamine groups is 1. The number of ether oxygens (including phenoxy) is 1. The summed E-state index contributed by atoms with van der Waals surface area (Å²) in [6, 6.07) is 19.3. The molecule has 1 aliphatic rings. The molecule has 0 fully saturated rings. The van der Waals surface area contributed by atoms with Crippen LogP contribution in [0.15, 0.2) is 89.2 Å². The van der Waals surface area contributed by atoms with Gasteiger partial charge in [-0.3, -0.25) is 20.0 Å². The number of fused-ring (bicyclic) bond motifs is 1. The first-order chi connectivity index (χ1) is 18.8. The summed E-state index contributed by atoms with van der Waals surface area (Å²) in [4.78, 5) is 26.3. The number of nitrogens with one attached hydrogen (secondary N) is 1. The van der Waals surface area contributed by atoms with Crippen LogP contribution in [0.3, 0.4) is 0 Å². The van der Waals surface area contributed by atoms with Crippen molar-refractivity contribution in [3.05, 3.63) is 95.9 Å². The van der Waals surface area contributed by atoms with Crippen LogP contribution in [0, 0.1) is 6.92 Å². The number of carbonyl (C=O) groups is 1. The first-order valence-corrected chi connectivity index (χ1v) is 13.8. The van der Waals surface area contributed by atoms with Crippen molar-refractivity contribution >= 4 is 32.4 Å². The Morgan fingerprint density at radius 2 is 1.92 bits per heavy atom. The fourth-order valence-electron chi connectivity index (χ4n) is 4.61. The second kappa shape index (κ2) is 10.8. The number of sulfone groups is 1. The van der Waals surface area contributed by atoms with Gasteiger partial charge < -0.3 is 9.57 Å². The number of hydrogen-bond acceptors (Lipinski definition) is 9. The highest BCUT2D eigenvalue weighted by atomic mass is 32.2. The average Bonchev–Trinajstić information content (AvgIpc) is 3.34. The highest BCUT2D eigenvalue weighted by Gasteiger charge is 2.45. The van der Waals surface area contributed by atoms with E-state index in [4.69, 9.17) is 14.8 Å². The van der Waals surface area contributed by atoms with Crippen LogP contribution in [0.25, 0.3) is 10.9 Å². The van der Waals surface area contributed by atoms with E-state index in [1.54, 1.807) is 42.1 Å². The minimum Gasteiger partial charge on any atom is -0.489 e. The second-order valence-electron chi connectivity index (χ2n) is 9.40. The number of para-hydroxylation sites is 1. The lowest BCUT2D eigenvalue weighted by Crippen LogP contribution is -2.42. The summed E-state index contributed by atoms with van der Waals surface area (Å²) in [5.41, 5.74) is 3.90. The van der Waals surface area contributed by atoms with Crippen LogP contribution >= 0.6 is 0 Å². The van der Waals surface area contributed by atoms with E-state index in [1.807, 2.05) is 37.3 Å². The van der Waals surface area contributed by atoms with E-state index in [0.29, 0.717) is 17.0 Å². The Bertz CT molecular complexity index is 1640. The van der Waals surface area contributed by atoms with Crippen molar-refractivity contribution in [1.29, 1.82) is 0 Å². The molecule has 1 aliphatic heterocycles. The Labute approximate surface area is 225 Å². The summed E-state index contributed by atoms with van der Waals surface area (Å²) in [5, 5.41) is 14.1. The van der Waals surface area contributed by atoms with Crippen molar-refractivity contribution in [3.63, 3.8) is 0 Å². The summed E-state index contributed by atoms with van der Waals surface area (Å²) >= 11 is 0. The number of pyridine rings is 2. The number of amides is 1. The van der Waals surface area contributed by atoms with E-state index < -0.39 is 33.5 Å². The normalized spacial score (nSPS) is 16.9. The number of benzene rings is 2. The molecule has 2 aromatic heterocycles. The zero-order valence-electron chi connectivity index (χ0n) is 21.1. The van der Waals surface area contributed by atoms with E-state index in [0.717, 1.165) is 22.2 Å². The maximum Gasteiger partial charge on any atom is 0.247 e. The molecular formula is C28H26N4O6S. The quantitative estimate of drug-likeness (QED) is 0.239. The van der Waals surface area contributed by atoms with Gasteiger partial charge in [0.25, 0.3) is 0 Å². The Kier molecular flexibility index (Phi) is 7.27. The maximum atomic E-state index is 13.4. The fourth-order valence-corrected chi connectivity index (χ4v) is 6.28. The van der Waals surface area contributed by atoms with Gasteiger partial charge in [0.05, 0.1) is 28.3 Å². The molecule has 0 saturated heterocycles. The zero-order chi connectivity index (χ0) is 27.5. The summed E-state index contributed by atoms with van der Waals surface area (Å²) in [5.74, 6) is -0.806. The van der Waals surface area contributed by atoms with Crippen molar-refractivity contribution in [2.45, 2.75) is 36.9 Å². The summed E-state index contributed by atoms with van der Waals surface area (Å²) in [7, 11) is -3.92. The molecule has 1 amide bonds. The van der Waals surface area contributed by atoms with E-state index in [1.165, 1.54) is 12.1 Å². The van der Waals surface area contributed by atoms with Gasteiger partial charge >= 0.3 is 0 Å². The molecule has 0 aliphatic carbocycles. The highest BCUT2D eigenvalue weighted by molar-refractivity contribution is 7.91. The van der Waals surface area contributed by atoms with Gasteiger partial charge in [0.2, 0.25) is 5.91 Å². The van der Waals surface area contributed by atoms with Gasteiger partial charge in [-0.2, -0.15) is 0 Å². The van der Waals surface area contributed by atoms with Gasteiger partial charge in [0, 0.05) is 41.0 Å². The van der Waals surface area contributed by atoms with Crippen LogP contribution in [-0.4, -0.2) is 46.6 Å². The standard InChI is InChI=1S/C28H26N4O6S/c1-19-13-21(24-6-2-3-7-25(24)30-19)17-37-22-8-10-23(11-9-22)39(35,36)18-28(15-27(33)31-34)14-26(32-38-28)20-5-4-12-29-16-20/h2-13,16,34H,14-15,17-18H2,1H3,(H,31,33). The zero-order valence-corrected chi connectivity index (χ0v) is 21.9. The third-order valence-corrected chi connectivity index (χ3v) is 8.30. The predicted molar refractivity (Wildman–Crippen MR) is 143 cm³/mol. The molecule has 0 spiro atoms. The molecule has 5 rings (SSSR count).